The zero-order valence-corrected chi connectivity index (χ0v) is 15.6. The Morgan fingerprint density at radius 3 is 2.67 bits per heavy atom. The topological polar surface area (TPSA) is 61.8 Å². The summed E-state index contributed by atoms with van der Waals surface area (Å²) >= 11 is 0. The standard InChI is InChI=1S/C19H30N2O3/c1-12-7-8-15(22)17-14(11-13(2)16(12)17)20-9-10-21(6)18(23)24-19(3,4)5/h7-8,13-14,20,22H,9-11H2,1-6H3. The van der Waals surface area contributed by atoms with Crippen molar-refractivity contribution in [3.8, 4) is 5.75 Å². The lowest BCUT2D eigenvalue weighted by Crippen LogP contribution is -2.38. The Morgan fingerprint density at radius 1 is 1.38 bits per heavy atom. The highest BCUT2D eigenvalue weighted by molar-refractivity contribution is 5.67. The van der Waals surface area contributed by atoms with E-state index in [2.05, 4.69) is 19.2 Å². The van der Waals surface area contributed by atoms with Gasteiger partial charge in [0.2, 0.25) is 0 Å². The molecule has 2 atom stereocenters. The monoisotopic (exact) mass is 334 g/mol. The summed E-state index contributed by atoms with van der Waals surface area (Å²) in [6.45, 7) is 11.1. The van der Waals surface area contributed by atoms with Gasteiger partial charge in [-0.2, -0.15) is 0 Å². The lowest BCUT2D eigenvalue weighted by atomic mass is 9.97. The van der Waals surface area contributed by atoms with E-state index in [0.29, 0.717) is 24.8 Å². The van der Waals surface area contributed by atoms with Crippen molar-refractivity contribution in [3.63, 3.8) is 0 Å². The Kier molecular flexibility index (Phi) is 5.43. The van der Waals surface area contributed by atoms with Crippen molar-refractivity contribution in [3.05, 3.63) is 28.8 Å². The van der Waals surface area contributed by atoms with Crippen LogP contribution >= 0.6 is 0 Å². The maximum atomic E-state index is 12.0. The third-order valence-corrected chi connectivity index (χ3v) is 4.46. The van der Waals surface area contributed by atoms with Gasteiger partial charge in [-0.1, -0.05) is 13.0 Å². The van der Waals surface area contributed by atoms with Crippen LogP contribution in [0.15, 0.2) is 12.1 Å². The van der Waals surface area contributed by atoms with E-state index in [1.807, 2.05) is 26.8 Å². The SMILES string of the molecule is Cc1ccc(O)c2c1C(C)CC2NCCN(C)C(=O)OC(C)(C)C. The van der Waals surface area contributed by atoms with Crippen LogP contribution in [0.5, 0.6) is 5.75 Å². The van der Waals surface area contributed by atoms with Crippen LogP contribution in [0.1, 0.15) is 62.8 Å². The number of rotatable bonds is 4. The number of hydrogen-bond acceptors (Lipinski definition) is 4. The molecule has 0 radical (unpaired) electrons. The molecule has 0 aromatic heterocycles. The van der Waals surface area contributed by atoms with E-state index in [9.17, 15) is 9.90 Å². The largest absolute Gasteiger partial charge is 0.508 e. The molecule has 5 heteroatoms. The van der Waals surface area contributed by atoms with Crippen molar-refractivity contribution < 1.29 is 14.6 Å². The fraction of sp³-hybridized carbons (Fsp3) is 0.632. The van der Waals surface area contributed by atoms with Gasteiger partial charge in [-0.3, -0.25) is 0 Å². The van der Waals surface area contributed by atoms with E-state index in [1.165, 1.54) is 11.1 Å². The molecule has 1 amide bonds. The van der Waals surface area contributed by atoms with Gasteiger partial charge in [-0.15, -0.1) is 0 Å². The molecule has 0 heterocycles. The van der Waals surface area contributed by atoms with Gasteiger partial charge in [0.05, 0.1) is 0 Å². The Bertz CT molecular complexity index is 607. The first-order chi connectivity index (χ1) is 11.1. The van der Waals surface area contributed by atoms with E-state index < -0.39 is 5.60 Å². The number of amides is 1. The number of benzene rings is 1. The first kappa shape index (κ1) is 18.6. The van der Waals surface area contributed by atoms with Crippen molar-refractivity contribution in [2.75, 3.05) is 20.1 Å². The number of likely N-dealkylation sites (N-methyl/N-ethyl adjacent to an activating group) is 1. The van der Waals surface area contributed by atoms with E-state index in [4.69, 9.17) is 4.74 Å². The van der Waals surface area contributed by atoms with E-state index in [1.54, 1.807) is 18.0 Å². The number of phenolic OH excluding ortho intramolecular Hbond substituents is 1. The number of phenols is 1. The molecule has 1 aromatic rings. The van der Waals surface area contributed by atoms with Gasteiger partial charge in [0.25, 0.3) is 0 Å². The minimum atomic E-state index is -0.484. The van der Waals surface area contributed by atoms with Gasteiger partial charge in [0.1, 0.15) is 11.4 Å². The van der Waals surface area contributed by atoms with Crippen LogP contribution in [-0.2, 0) is 4.74 Å². The average molecular weight is 334 g/mol. The second-order valence-electron chi connectivity index (χ2n) is 7.77. The molecular weight excluding hydrogens is 304 g/mol. The minimum absolute atomic E-state index is 0.127. The number of nitrogens with zero attached hydrogens (tertiary/aromatic N) is 1. The lowest BCUT2D eigenvalue weighted by Gasteiger charge is -2.25. The van der Waals surface area contributed by atoms with Gasteiger partial charge in [-0.25, -0.2) is 4.79 Å². The highest BCUT2D eigenvalue weighted by Gasteiger charge is 2.31. The number of fused-ring (bicyclic) bond motifs is 1. The summed E-state index contributed by atoms with van der Waals surface area (Å²) in [5, 5.41) is 13.7. The molecule has 1 aliphatic rings. The molecular formula is C19H30N2O3. The molecule has 0 aliphatic heterocycles. The molecule has 0 fully saturated rings. The summed E-state index contributed by atoms with van der Waals surface area (Å²) in [5.41, 5.74) is 3.02. The summed E-state index contributed by atoms with van der Waals surface area (Å²) in [5.74, 6) is 0.783. The number of ether oxygens (including phenoxy) is 1. The minimum Gasteiger partial charge on any atom is -0.508 e. The van der Waals surface area contributed by atoms with Gasteiger partial charge in [0, 0.05) is 31.7 Å². The van der Waals surface area contributed by atoms with Gasteiger partial charge < -0.3 is 20.1 Å². The number of carbonyl (C=O) groups is 1. The molecule has 134 valence electrons. The van der Waals surface area contributed by atoms with Crippen LogP contribution in [0.2, 0.25) is 0 Å². The number of aryl methyl sites for hydroxylation is 1. The van der Waals surface area contributed by atoms with Gasteiger partial charge in [-0.05, 0) is 57.2 Å². The highest BCUT2D eigenvalue weighted by atomic mass is 16.6. The molecule has 2 rings (SSSR count). The van der Waals surface area contributed by atoms with Gasteiger partial charge in [0.15, 0.2) is 0 Å². The molecule has 1 aromatic carbocycles. The lowest BCUT2D eigenvalue weighted by molar-refractivity contribution is 0.0299. The summed E-state index contributed by atoms with van der Waals surface area (Å²) in [7, 11) is 1.74. The molecule has 0 bridgehead atoms. The van der Waals surface area contributed by atoms with E-state index in [0.717, 1.165) is 12.0 Å². The molecule has 2 N–H and O–H groups in total. The highest BCUT2D eigenvalue weighted by Crippen LogP contribution is 2.45. The average Bonchev–Trinajstić information content (AvgIpc) is 2.79. The zero-order valence-electron chi connectivity index (χ0n) is 15.6. The second-order valence-corrected chi connectivity index (χ2v) is 7.77. The van der Waals surface area contributed by atoms with Gasteiger partial charge >= 0.3 is 6.09 Å². The Labute approximate surface area is 145 Å². The first-order valence-electron chi connectivity index (χ1n) is 8.60. The molecule has 2 unspecified atom stereocenters. The predicted molar refractivity (Wildman–Crippen MR) is 95.5 cm³/mol. The van der Waals surface area contributed by atoms with Crippen LogP contribution in [0.4, 0.5) is 4.79 Å². The van der Waals surface area contributed by atoms with Crippen molar-refractivity contribution in [1.82, 2.24) is 10.2 Å². The normalized spacial score (nSPS) is 19.9. The van der Waals surface area contributed by atoms with Crippen molar-refractivity contribution in [1.29, 1.82) is 0 Å². The third kappa shape index (κ3) is 4.20. The quantitative estimate of drug-likeness (QED) is 0.881. The van der Waals surface area contributed by atoms with Crippen LogP contribution in [-0.4, -0.2) is 41.8 Å². The number of carbonyl (C=O) groups excluding carboxylic acids is 1. The van der Waals surface area contributed by atoms with Crippen LogP contribution in [0, 0.1) is 6.92 Å². The fourth-order valence-electron chi connectivity index (χ4n) is 3.37. The first-order valence-corrected chi connectivity index (χ1v) is 8.60. The molecule has 5 nitrogen and oxygen atoms in total. The third-order valence-electron chi connectivity index (χ3n) is 4.46. The summed E-state index contributed by atoms with van der Waals surface area (Å²) in [6, 6.07) is 3.87. The maximum Gasteiger partial charge on any atom is 0.410 e. The predicted octanol–water partition coefficient (Wildman–Crippen LogP) is 3.71. The second kappa shape index (κ2) is 7.01. The Morgan fingerprint density at radius 2 is 2.04 bits per heavy atom. The molecule has 1 aliphatic carbocycles. The number of nitrogens with one attached hydrogen (secondary N) is 1. The fourth-order valence-corrected chi connectivity index (χ4v) is 3.37. The smallest absolute Gasteiger partial charge is 0.410 e. The Hall–Kier alpha value is -1.75. The summed E-state index contributed by atoms with van der Waals surface area (Å²) < 4.78 is 5.35. The zero-order chi connectivity index (χ0) is 18.1. The number of aromatic hydroxyl groups is 1. The summed E-state index contributed by atoms with van der Waals surface area (Å²) in [4.78, 5) is 13.5. The van der Waals surface area contributed by atoms with E-state index >= 15 is 0 Å². The van der Waals surface area contributed by atoms with Crippen molar-refractivity contribution in [2.45, 2.75) is 58.6 Å². The van der Waals surface area contributed by atoms with E-state index in [-0.39, 0.29) is 12.1 Å². The number of hydrogen-bond donors (Lipinski definition) is 2. The van der Waals surface area contributed by atoms with Crippen LogP contribution < -0.4 is 5.32 Å². The Balaban J connectivity index is 1.93. The van der Waals surface area contributed by atoms with Crippen LogP contribution in [0.3, 0.4) is 0 Å². The summed E-state index contributed by atoms with van der Waals surface area (Å²) in [6.07, 6.45) is 0.646. The van der Waals surface area contributed by atoms with Crippen molar-refractivity contribution in [2.24, 2.45) is 0 Å². The van der Waals surface area contributed by atoms with Crippen LogP contribution in [0.25, 0.3) is 0 Å². The molecule has 24 heavy (non-hydrogen) atoms. The molecule has 0 saturated carbocycles. The molecule has 0 saturated heterocycles. The maximum absolute atomic E-state index is 12.0. The van der Waals surface area contributed by atoms with Crippen molar-refractivity contribution >= 4 is 6.09 Å². The molecule has 0 spiro atoms.